The molecule has 0 aliphatic rings. The predicted molar refractivity (Wildman–Crippen MR) is 94.3 cm³/mol. The maximum absolute atomic E-state index is 12.6. The molecule has 0 atom stereocenters. The summed E-state index contributed by atoms with van der Waals surface area (Å²) in [6.07, 6.45) is -0.0576. The minimum atomic E-state index is -1.91. The number of carbonyl (C=O) groups is 3. The zero-order chi connectivity index (χ0) is 19.0. The van der Waals surface area contributed by atoms with E-state index in [1.807, 2.05) is 31.1 Å². The highest BCUT2D eigenvalue weighted by molar-refractivity contribution is 6.08. The average molecular weight is 350 g/mol. The Morgan fingerprint density at radius 3 is 1.84 bits per heavy atom. The summed E-state index contributed by atoms with van der Waals surface area (Å²) in [6.45, 7) is 4.67. The maximum Gasteiger partial charge on any atom is 0.344 e. The lowest BCUT2D eigenvalue weighted by atomic mass is 9.90. The normalized spacial score (nSPS) is 10.8. The summed E-state index contributed by atoms with van der Waals surface area (Å²) in [4.78, 5) is 38.7. The molecule has 0 saturated carbocycles. The fourth-order valence-corrected chi connectivity index (χ4v) is 2.40. The smallest absolute Gasteiger partial charge is 0.344 e. The number of nitrogens with one attached hydrogen (secondary N) is 1. The second kappa shape index (κ2) is 9.05. The molecule has 1 aromatic carbocycles. The number of amides is 1. The van der Waals surface area contributed by atoms with Gasteiger partial charge in [0.05, 0.1) is 13.2 Å². The van der Waals surface area contributed by atoms with Gasteiger partial charge >= 0.3 is 11.9 Å². The number of ether oxygens (including phenoxy) is 2. The molecule has 1 N–H and O–H groups in total. The van der Waals surface area contributed by atoms with Gasteiger partial charge in [0.15, 0.2) is 0 Å². The number of benzene rings is 1. The SMILES string of the molecule is CCOC(=O)C(Cc1ccc(N(C)C)cc1)(NC(C)=O)C(=O)OCC. The van der Waals surface area contributed by atoms with Crippen molar-refractivity contribution >= 4 is 23.5 Å². The highest BCUT2D eigenvalue weighted by Gasteiger charge is 2.50. The molecule has 7 nitrogen and oxygen atoms in total. The van der Waals surface area contributed by atoms with E-state index < -0.39 is 23.4 Å². The lowest BCUT2D eigenvalue weighted by Crippen LogP contribution is -2.62. The van der Waals surface area contributed by atoms with Crippen LogP contribution in [0.4, 0.5) is 5.69 Å². The monoisotopic (exact) mass is 350 g/mol. The third kappa shape index (κ3) is 5.20. The Hall–Kier alpha value is -2.57. The molecule has 0 unspecified atom stereocenters. The van der Waals surface area contributed by atoms with Crippen LogP contribution in [-0.2, 0) is 30.3 Å². The van der Waals surface area contributed by atoms with E-state index in [2.05, 4.69) is 5.32 Å². The Morgan fingerprint density at radius 1 is 1.00 bits per heavy atom. The highest BCUT2D eigenvalue weighted by Crippen LogP contribution is 2.21. The van der Waals surface area contributed by atoms with Crippen molar-refractivity contribution in [3.63, 3.8) is 0 Å². The van der Waals surface area contributed by atoms with Gasteiger partial charge in [-0.15, -0.1) is 0 Å². The van der Waals surface area contributed by atoms with Crippen LogP contribution in [0.25, 0.3) is 0 Å². The van der Waals surface area contributed by atoms with Gasteiger partial charge < -0.3 is 19.7 Å². The molecule has 1 aromatic rings. The Labute approximate surface area is 148 Å². The fraction of sp³-hybridized carbons (Fsp3) is 0.500. The number of esters is 2. The topological polar surface area (TPSA) is 84.9 Å². The van der Waals surface area contributed by atoms with Crippen LogP contribution in [-0.4, -0.2) is 50.7 Å². The van der Waals surface area contributed by atoms with E-state index in [1.54, 1.807) is 26.0 Å². The van der Waals surface area contributed by atoms with Crippen molar-refractivity contribution in [2.24, 2.45) is 0 Å². The van der Waals surface area contributed by atoms with Crippen LogP contribution < -0.4 is 10.2 Å². The van der Waals surface area contributed by atoms with E-state index >= 15 is 0 Å². The van der Waals surface area contributed by atoms with Crippen molar-refractivity contribution in [1.82, 2.24) is 5.32 Å². The molecule has 0 bridgehead atoms. The third-order valence-electron chi connectivity index (χ3n) is 3.56. The largest absolute Gasteiger partial charge is 0.464 e. The fourth-order valence-electron chi connectivity index (χ4n) is 2.40. The highest BCUT2D eigenvalue weighted by atomic mass is 16.6. The first-order valence-corrected chi connectivity index (χ1v) is 8.16. The van der Waals surface area contributed by atoms with E-state index in [4.69, 9.17) is 9.47 Å². The number of anilines is 1. The first-order valence-electron chi connectivity index (χ1n) is 8.16. The van der Waals surface area contributed by atoms with Crippen LogP contribution >= 0.6 is 0 Å². The van der Waals surface area contributed by atoms with Gasteiger partial charge in [0.2, 0.25) is 11.4 Å². The average Bonchev–Trinajstić information content (AvgIpc) is 2.54. The molecule has 0 fully saturated rings. The Morgan fingerprint density at radius 2 is 1.48 bits per heavy atom. The van der Waals surface area contributed by atoms with Gasteiger partial charge in [-0.2, -0.15) is 0 Å². The minimum Gasteiger partial charge on any atom is -0.464 e. The predicted octanol–water partition coefficient (Wildman–Crippen LogP) is 1.30. The van der Waals surface area contributed by atoms with E-state index in [9.17, 15) is 14.4 Å². The lowest BCUT2D eigenvalue weighted by Gasteiger charge is -2.30. The van der Waals surface area contributed by atoms with Crippen molar-refractivity contribution in [3.05, 3.63) is 29.8 Å². The van der Waals surface area contributed by atoms with Gasteiger partial charge in [-0.1, -0.05) is 12.1 Å². The first-order chi connectivity index (χ1) is 11.8. The summed E-state index contributed by atoms with van der Waals surface area (Å²) >= 11 is 0. The van der Waals surface area contributed by atoms with Crippen LogP contribution in [0, 0.1) is 0 Å². The van der Waals surface area contributed by atoms with E-state index in [0.29, 0.717) is 5.56 Å². The van der Waals surface area contributed by atoms with Crippen LogP contribution in [0.3, 0.4) is 0 Å². The number of hydrogen-bond acceptors (Lipinski definition) is 6. The second-order valence-corrected chi connectivity index (χ2v) is 5.77. The van der Waals surface area contributed by atoms with Crippen molar-refractivity contribution in [2.45, 2.75) is 32.7 Å². The molecular weight excluding hydrogens is 324 g/mol. The quantitative estimate of drug-likeness (QED) is 0.562. The van der Waals surface area contributed by atoms with Crippen molar-refractivity contribution < 1.29 is 23.9 Å². The Bertz CT molecular complexity index is 592. The number of nitrogens with zero attached hydrogens (tertiary/aromatic N) is 1. The molecule has 7 heteroatoms. The molecule has 0 aromatic heterocycles. The van der Waals surface area contributed by atoms with Crippen LogP contribution in [0.2, 0.25) is 0 Å². The summed E-state index contributed by atoms with van der Waals surface area (Å²) in [5.74, 6) is -2.19. The Kier molecular flexibility index (Phi) is 7.42. The zero-order valence-electron chi connectivity index (χ0n) is 15.4. The van der Waals surface area contributed by atoms with E-state index in [1.165, 1.54) is 6.92 Å². The van der Waals surface area contributed by atoms with Gasteiger partial charge in [0.25, 0.3) is 0 Å². The summed E-state index contributed by atoms with van der Waals surface area (Å²) < 4.78 is 10.1. The molecule has 25 heavy (non-hydrogen) atoms. The van der Waals surface area contributed by atoms with E-state index in [-0.39, 0.29) is 19.6 Å². The third-order valence-corrected chi connectivity index (χ3v) is 3.56. The molecule has 0 aliphatic carbocycles. The van der Waals surface area contributed by atoms with E-state index in [0.717, 1.165) is 5.69 Å². The van der Waals surface area contributed by atoms with Gasteiger partial charge in [0, 0.05) is 33.1 Å². The zero-order valence-corrected chi connectivity index (χ0v) is 15.4. The molecule has 0 aliphatic heterocycles. The van der Waals surface area contributed by atoms with Crippen molar-refractivity contribution in [1.29, 1.82) is 0 Å². The van der Waals surface area contributed by atoms with Gasteiger partial charge in [-0.05, 0) is 31.5 Å². The van der Waals surface area contributed by atoms with Crippen LogP contribution in [0.1, 0.15) is 26.3 Å². The molecule has 0 heterocycles. The van der Waals surface area contributed by atoms with Gasteiger partial charge in [-0.3, -0.25) is 4.79 Å². The number of carbonyl (C=O) groups excluding carboxylic acids is 3. The molecule has 0 radical (unpaired) electrons. The molecule has 0 saturated heterocycles. The summed E-state index contributed by atoms with van der Waals surface area (Å²) in [5.41, 5.74) is -0.237. The standard InChI is InChI=1S/C18H26N2O5/c1-6-24-16(22)18(19-13(3)21,17(23)25-7-2)12-14-8-10-15(11-9-14)20(4)5/h8-11H,6-7,12H2,1-5H3,(H,19,21). The molecule has 0 spiro atoms. The molecule has 138 valence electrons. The van der Waals surface area contributed by atoms with Crippen molar-refractivity contribution in [2.75, 3.05) is 32.2 Å². The first kappa shape index (κ1) is 20.5. The number of hydrogen-bond donors (Lipinski definition) is 1. The molecule has 1 rings (SSSR count). The van der Waals surface area contributed by atoms with Crippen molar-refractivity contribution in [3.8, 4) is 0 Å². The Balaban J connectivity index is 3.28. The number of rotatable bonds is 8. The maximum atomic E-state index is 12.6. The second-order valence-electron chi connectivity index (χ2n) is 5.77. The summed E-state index contributed by atoms with van der Waals surface area (Å²) in [5, 5.41) is 2.45. The van der Waals surface area contributed by atoms with Gasteiger partial charge in [-0.25, -0.2) is 9.59 Å². The van der Waals surface area contributed by atoms with Gasteiger partial charge in [0.1, 0.15) is 0 Å². The molecular formula is C18H26N2O5. The lowest BCUT2D eigenvalue weighted by molar-refractivity contribution is -0.168. The van der Waals surface area contributed by atoms with Crippen LogP contribution in [0.5, 0.6) is 0 Å². The van der Waals surface area contributed by atoms with Crippen LogP contribution in [0.15, 0.2) is 24.3 Å². The minimum absolute atomic E-state index is 0.0576. The summed E-state index contributed by atoms with van der Waals surface area (Å²) in [6, 6.07) is 7.32. The molecule has 1 amide bonds. The summed E-state index contributed by atoms with van der Waals surface area (Å²) in [7, 11) is 3.82.